The second kappa shape index (κ2) is 4.29. The Kier molecular flexibility index (Phi) is 3.12. The van der Waals surface area contributed by atoms with E-state index in [1.54, 1.807) is 4.90 Å². The highest BCUT2D eigenvalue weighted by Crippen LogP contribution is 2.30. The van der Waals surface area contributed by atoms with Gasteiger partial charge in [0.15, 0.2) is 0 Å². The van der Waals surface area contributed by atoms with E-state index in [2.05, 4.69) is 12.2 Å². The molecule has 2 aliphatic heterocycles. The second-order valence-corrected chi connectivity index (χ2v) is 5.63. The lowest BCUT2D eigenvalue weighted by Gasteiger charge is -2.25. The van der Waals surface area contributed by atoms with E-state index in [-0.39, 0.29) is 17.9 Å². The molecule has 0 aromatic heterocycles. The summed E-state index contributed by atoms with van der Waals surface area (Å²) in [5.41, 5.74) is 4.84. The number of nitrogens with zero attached hydrogens (tertiary/aromatic N) is 1. The van der Waals surface area contributed by atoms with Crippen molar-refractivity contribution in [2.75, 3.05) is 19.6 Å². The zero-order valence-electron chi connectivity index (χ0n) is 10.5. The fraction of sp³-hybridized carbons (Fsp3) is 0.833. The lowest BCUT2D eigenvalue weighted by Crippen LogP contribution is -2.46. The van der Waals surface area contributed by atoms with E-state index < -0.39 is 5.41 Å². The van der Waals surface area contributed by atoms with E-state index in [4.69, 9.17) is 5.73 Å². The summed E-state index contributed by atoms with van der Waals surface area (Å²) in [6, 6.07) is -0.0785. The molecule has 2 rings (SSSR count). The van der Waals surface area contributed by atoms with Crippen molar-refractivity contribution in [3.63, 3.8) is 0 Å². The average Bonchev–Trinajstić information content (AvgIpc) is 2.85. The van der Waals surface area contributed by atoms with E-state index in [1.165, 1.54) is 0 Å². The number of primary amides is 1. The summed E-state index contributed by atoms with van der Waals surface area (Å²) < 4.78 is 0. The molecule has 3 N–H and O–H groups in total. The molecule has 0 aliphatic carbocycles. The number of amides is 2. The lowest BCUT2D eigenvalue weighted by molar-refractivity contribution is -0.134. The number of carbonyl (C=O) groups is 2. The van der Waals surface area contributed by atoms with Crippen LogP contribution in [0.25, 0.3) is 0 Å². The van der Waals surface area contributed by atoms with Crippen LogP contribution in [0.4, 0.5) is 0 Å². The molecule has 2 fully saturated rings. The highest BCUT2D eigenvalue weighted by atomic mass is 16.2. The molecular weight excluding hydrogens is 218 g/mol. The van der Waals surface area contributed by atoms with Gasteiger partial charge in [0.2, 0.25) is 11.8 Å². The molecule has 0 saturated carbocycles. The van der Waals surface area contributed by atoms with Crippen molar-refractivity contribution in [1.29, 1.82) is 0 Å². The summed E-state index contributed by atoms with van der Waals surface area (Å²) in [6.07, 6.45) is 1.71. The Morgan fingerprint density at radius 1 is 1.47 bits per heavy atom. The van der Waals surface area contributed by atoms with Crippen LogP contribution in [0, 0.1) is 11.3 Å². The predicted octanol–water partition coefficient (Wildman–Crippen LogP) is -0.292. The van der Waals surface area contributed by atoms with E-state index in [0.29, 0.717) is 25.4 Å². The minimum Gasteiger partial charge on any atom is -0.369 e. The van der Waals surface area contributed by atoms with Gasteiger partial charge in [-0.2, -0.15) is 0 Å². The molecule has 2 heterocycles. The second-order valence-electron chi connectivity index (χ2n) is 5.63. The molecule has 0 spiro atoms. The summed E-state index contributed by atoms with van der Waals surface area (Å²) in [6.45, 7) is 5.94. The van der Waals surface area contributed by atoms with Gasteiger partial charge < -0.3 is 16.0 Å². The first-order valence-corrected chi connectivity index (χ1v) is 6.26. The average molecular weight is 239 g/mol. The van der Waals surface area contributed by atoms with Gasteiger partial charge in [-0.05, 0) is 32.2 Å². The molecule has 0 aromatic carbocycles. The first-order valence-electron chi connectivity index (χ1n) is 6.26. The highest BCUT2D eigenvalue weighted by Gasteiger charge is 2.43. The molecule has 3 atom stereocenters. The maximum atomic E-state index is 12.3. The van der Waals surface area contributed by atoms with Gasteiger partial charge in [0.25, 0.3) is 0 Å². The van der Waals surface area contributed by atoms with Crippen LogP contribution < -0.4 is 11.1 Å². The van der Waals surface area contributed by atoms with Crippen molar-refractivity contribution in [3.8, 4) is 0 Å². The third-order valence-electron chi connectivity index (χ3n) is 4.18. The van der Waals surface area contributed by atoms with E-state index in [9.17, 15) is 9.59 Å². The van der Waals surface area contributed by atoms with Gasteiger partial charge in [-0.1, -0.05) is 6.92 Å². The SMILES string of the molecule is CC1CCNC1C(=O)N1CCC(C)(C(N)=O)C1. The maximum Gasteiger partial charge on any atom is 0.240 e. The van der Waals surface area contributed by atoms with Crippen LogP contribution in [0.3, 0.4) is 0 Å². The molecular formula is C12H21N3O2. The molecule has 0 bridgehead atoms. The molecule has 17 heavy (non-hydrogen) atoms. The van der Waals surface area contributed by atoms with Gasteiger partial charge in [-0.15, -0.1) is 0 Å². The number of nitrogens with two attached hydrogens (primary N) is 1. The van der Waals surface area contributed by atoms with Crippen molar-refractivity contribution < 1.29 is 9.59 Å². The highest BCUT2D eigenvalue weighted by molar-refractivity contribution is 5.86. The van der Waals surface area contributed by atoms with Crippen LogP contribution in [0.2, 0.25) is 0 Å². The Labute approximate surface area is 102 Å². The number of nitrogens with one attached hydrogen (secondary N) is 1. The van der Waals surface area contributed by atoms with Crippen LogP contribution in [-0.2, 0) is 9.59 Å². The van der Waals surface area contributed by atoms with Gasteiger partial charge in [-0.3, -0.25) is 9.59 Å². The Morgan fingerprint density at radius 3 is 2.65 bits per heavy atom. The molecule has 5 nitrogen and oxygen atoms in total. The van der Waals surface area contributed by atoms with E-state index in [1.807, 2.05) is 6.92 Å². The van der Waals surface area contributed by atoms with Crippen LogP contribution in [0.15, 0.2) is 0 Å². The van der Waals surface area contributed by atoms with Crippen molar-refractivity contribution in [1.82, 2.24) is 10.2 Å². The minimum atomic E-state index is -0.544. The topological polar surface area (TPSA) is 75.4 Å². The molecule has 96 valence electrons. The van der Waals surface area contributed by atoms with E-state index >= 15 is 0 Å². The fourth-order valence-corrected chi connectivity index (χ4v) is 2.71. The van der Waals surface area contributed by atoms with Gasteiger partial charge in [-0.25, -0.2) is 0 Å². The Bertz CT molecular complexity index is 345. The van der Waals surface area contributed by atoms with Crippen molar-refractivity contribution in [3.05, 3.63) is 0 Å². The Hall–Kier alpha value is -1.10. The minimum absolute atomic E-state index is 0.0785. The molecule has 2 amide bonds. The molecule has 0 aromatic rings. The zero-order valence-corrected chi connectivity index (χ0v) is 10.5. The first-order chi connectivity index (χ1) is 7.94. The fourth-order valence-electron chi connectivity index (χ4n) is 2.71. The Morgan fingerprint density at radius 2 is 2.18 bits per heavy atom. The van der Waals surface area contributed by atoms with Crippen molar-refractivity contribution >= 4 is 11.8 Å². The zero-order chi connectivity index (χ0) is 12.6. The molecule has 2 saturated heterocycles. The molecule has 5 heteroatoms. The third-order valence-corrected chi connectivity index (χ3v) is 4.18. The summed E-state index contributed by atoms with van der Waals surface area (Å²) in [5.74, 6) is 0.197. The number of carbonyl (C=O) groups excluding carboxylic acids is 2. The Balaban J connectivity index is 2.01. The van der Waals surface area contributed by atoms with Gasteiger partial charge in [0.05, 0.1) is 11.5 Å². The van der Waals surface area contributed by atoms with Crippen molar-refractivity contribution in [2.45, 2.75) is 32.7 Å². The predicted molar refractivity (Wildman–Crippen MR) is 64.1 cm³/mol. The molecule has 0 radical (unpaired) electrons. The van der Waals surface area contributed by atoms with Crippen LogP contribution in [-0.4, -0.2) is 42.4 Å². The smallest absolute Gasteiger partial charge is 0.240 e. The van der Waals surface area contributed by atoms with Gasteiger partial charge in [0.1, 0.15) is 0 Å². The number of hydrogen-bond acceptors (Lipinski definition) is 3. The largest absolute Gasteiger partial charge is 0.369 e. The summed E-state index contributed by atoms with van der Waals surface area (Å²) >= 11 is 0. The van der Waals surface area contributed by atoms with Gasteiger partial charge >= 0.3 is 0 Å². The van der Waals surface area contributed by atoms with Crippen molar-refractivity contribution in [2.24, 2.45) is 17.1 Å². The normalized spacial score (nSPS) is 37.4. The van der Waals surface area contributed by atoms with Crippen LogP contribution >= 0.6 is 0 Å². The molecule has 2 aliphatic rings. The maximum absolute atomic E-state index is 12.3. The quantitative estimate of drug-likeness (QED) is 0.695. The van der Waals surface area contributed by atoms with E-state index in [0.717, 1.165) is 13.0 Å². The lowest BCUT2D eigenvalue weighted by atomic mass is 9.89. The third kappa shape index (κ3) is 2.16. The summed E-state index contributed by atoms with van der Waals surface area (Å²) in [7, 11) is 0. The summed E-state index contributed by atoms with van der Waals surface area (Å²) in [5, 5.41) is 3.23. The van der Waals surface area contributed by atoms with Crippen LogP contribution in [0.5, 0.6) is 0 Å². The van der Waals surface area contributed by atoms with Gasteiger partial charge in [0, 0.05) is 13.1 Å². The summed E-state index contributed by atoms with van der Waals surface area (Å²) in [4.78, 5) is 25.4. The first kappa shape index (κ1) is 12.4. The number of likely N-dealkylation sites (tertiary alicyclic amines) is 1. The monoisotopic (exact) mass is 239 g/mol. The number of rotatable bonds is 2. The number of hydrogen-bond donors (Lipinski definition) is 2. The molecule has 3 unspecified atom stereocenters. The van der Waals surface area contributed by atoms with Crippen LogP contribution in [0.1, 0.15) is 26.7 Å². The standard InChI is InChI=1S/C12H21N3O2/c1-8-3-5-14-9(8)10(16)15-6-4-12(2,7-15)11(13)17/h8-9,14H,3-7H2,1-2H3,(H2,13,17).